The second-order valence-corrected chi connectivity index (χ2v) is 5.66. The van der Waals surface area contributed by atoms with Crippen molar-refractivity contribution in [3.8, 4) is 0 Å². The third kappa shape index (κ3) is 3.21. The van der Waals surface area contributed by atoms with E-state index in [9.17, 15) is 0 Å². The summed E-state index contributed by atoms with van der Waals surface area (Å²) in [4.78, 5) is 0. The molecule has 2 rings (SSSR count). The molecule has 2 aromatic carbocycles. The molecule has 0 aliphatic heterocycles. The maximum absolute atomic E-state index is 6.27. The Labute approximate surface area is 117 Å². The van der Waals surface area contributed by atoms with Gasteiger partial charge in [-0.1, -0.05) is 57.9 Å². The number of nitrogens with two attached hydrogens (primary N) is 1. The summed E-state index contributed by atoms with van der Waals surface area (Å²) in [5.74, 6) is 0. The van der Waals surface area contributed by atoms with Gasteiger partial charge in [-0.05, 0) is 43.0 Å². The molecule has 1 unspecified atom stereocenters. The largest absolute Gasteiger partial charge is 0.324 e. The maximum atomic E-state index is 6.27. The first-order valence-electron chi connectivity index (χ1n) is 6.13. The van der Waals surface area contributed by atoms with E-state index in [-0.39, 0.29) is 6.04 Å². The Morgan fingerprint density at radius 2 is 1.72 bits per heavy atom. The SMILES string of the molecule is Cc1ccc(CC(N)c2ccc(Br)c(C)c2)cc1. The van der Waals surface area contributed by atoms with E-state index < -0.39 is 0 Å². The molecule has 2 heteroatoms. The number of hydrogen-bond acceptors (Lipinski definition) is 1. The highest BCUT2D eigenvalue weighted by Crippen LogP contribution is 2.22. The lowest BCUT2D eigenvalue weighted by atomic mass is 9.98. The quantitative estimate of drug-likeness (QED) is 0.898. The van der Waals surface area contributed by atoms with Gasteiger partial charge in [-0.25, -0.2) is 0 Å². The van der Waals surface area contributed by atoms with Crippen LogP contribution in [-0.4, -0.2) is 0 Å². The van der Waals surface area contributed by atoms with Gasteiger partial charge in [0.2, 0.25) is 0 Å². The Hall–Kier alpha value is -1.12. The van der Waals surface area contributed by atoms with Crippen molar-refractivity contribution in [2.24, 2.45) is 5.73 Å². The lowest BCUT2D eigenvalue weighted by Gasteiger charge is -2.13. The molecule has 0 fully saturated rings. The molecule has 0 saturated carbocycles. The van der Waals surface area contributed by atoms with E-state index in [1.807, 2.05) is 0 Å². The van der Waals surface area contributed by atoms with Gasteiger partial charge in [0.25, 0.3) is 0 Å². The van der Waals surface area contributed by atoms with Gasteiger partial charge < -0.3 is 5.73 Å². The average molecular weight is 304 g/mol. The highest BCUT2D eigenvalue weighted by molar-refractivity contribution is 9.10. The van der Waals surface area contributed by atoms with Gasteiger partial charge in [-0.15, -0.1) is 0 Å². The van der Waals surface area contributed by atoms with Crippen LogP contribution in [0.2, 0.25) is 0 Å². The van der Waals surface area contributed by atoms with Crippen molar-refractivity contribution < 1.29 is 0 Å². The predicted octanol–water partition coefficient (Wildman–Crippen LogP) is 4.31. The first-order valence-corrected chi connectivity index (χ1v) is 6.93. The Bertz CT molecular complexity index is 531. The molecule has 0 spiro atoms. The molecule has 18 heavy (non-hydrogen) atoms. The van der Waals surface area contributed by atoms with Crippen LogP contribution >= 0.6 is 15.9 Å². The summed E-state index contributed by atoms with van der Waals surface area (Å²) in [5.41, 5.74) is 11.3. The van der Waals surface area contributed by atoms with Crippen molar-refractivity contribution in [2.45, 2.75) is 26.3 Å². The van der Waals surface area contributed by atoms with Gasteiger partial charge in [-0.3, -0.25) is 0 Å². The summed E-state index contributed by atoms with van der Waals surface area (Å²) in [7, 11) is 0. The topological polar surface area (TPSA) is 26.0 Å². The van der Waals surface area contributed by atoms with E-state index in [1.54, 1.807) is 0 Å². The molecule has 0 radical (unpaired) electrons. The number of rotatable bonds is 3. The van der Waals surface area contributed by atoms with Crippen LogP contribution in [0.3, 0.4) is 0 Å². The van der Waals surface area contributed by atoms with Gasteiger partial charge in [0, 0.05) is 10.5 Å². The average Bonchev–Trinajstić information content (AvgIpc) is 2.35. The second-order valence-electron chi connectivity index (χ2n) is 4.80. The van der Waals surface area contributed by atoms with Crippen molar-refractivity contribution in [2.75, 3.05) is 0 Å². The van der Waals surface area contributed by atoms with E-state index in [1.165, 1.54) is 22.3 Å². The predicted molar refractivity (Wildman–Crippen MR) is 80.7 cm³/mol. The maximum Gasteiger partial charge on any atom is 0.0335 e. The van der Waals surface area contributed by atoms with Crippen LogP contribution in [0.4, 0.5) is 0 Å². The molecule has 0 aliphatic carbocycles. The van der Waals surface area contributed by atoms with Crippen molar-refractivity contribution >= 4 is 15.9 Å². The first-order chi connectivity index (χ1) is 8.56. The summed E-state index contributed by atoms with van der Waals surface area (Å²) in [6.45, 7) is 4.19. The number of halogens is 1. The third-order valence-corrected chi connectivity index (χ3v) is 4.08. The number of hydrogen-bond donors (Lipinski definition) is 1. The van der Waals surface area contributed by atoms with Crippen molar-refractivity contribution in [1.29, 1.82) is 0 Å². The van der Waals surface area contributed by atoms with Gasteiger partial charge in [0.15, 0.2) is 0 Å². The molecule has 2 N–H and O–H groups in total. The van der Waals surface area contributed by atoms with E-state index in [0.717, 1.165) is 10.9 Å². The summed E-state index contributed by atoms with van der Waals surface area (Å²) in [6.07, 6.45) is 0.876. The molecular weight excluding hydrogens is 286 g/mol. The highest BCUT2D eigenvalue weighted by Gasteiger charge is 2.08. The molecule has 0 aliphatic rings. The Balaban J connectivity index is 2.13. The van der Waals surface area contributed by atoms with Crippen LogP contribution in [0.15, 0.2) is 46.9 Å². The zero-order chi connectivity index (χ0) is 13.1. The van der Waals surface area contributed by atoms with Crippen LogP contribution in [0.1, 0.15) is 28.3 Å². The standard InChI is InChI=1S/C16H18BrN/c1-11-3-5-13(6-4-11)10-16(18)14-7-8-15(17)12(2)9-14/h3-9,16H,10,18H2,1-2H3. The minimum atomic E-state index is 0.0551. The van der Waals surface area contributed by atoms with Gasteiger partial charge in [0.1, 0.15) is 0 Å². The van der Waals surface area contributed by atoms with Crippen LogP contribution in [0.25, 0.3) is 0 Å². The molecular formula is C16H18BrN. The van der Waals surface area contributed by atoms with Crippen molar-refractivity contribution in [3.05, 3.63) is 69.2 Å². The molecule has 94 valence electrons. The van der Waals surface area contributed by atoms with Gasteiger partial charge in [-0.2, -0.15) is 0 Å². The fourth-order valence-corrected chi connectivity index (χ4v) is 2.24. The van der Waals surface area contributed by atoms with Crippen LogP contribution in [-0.2, 0) is 6.42 Å². The fourth-order valence-electron chi connectivity index (χ4n) is 1.99. The van der Waals surface area contributed by atoms with Crippen molar-refractivity contribution in [3.63, 3.8) is 0 Å². The zero-order valence-corrected chi connectivity index (χ0v) is 12.4. The molecule has 0 saturated heterocycles. The minimum absolute atomic E-state index is 0.0551. The van der Waals surface area contributed by atoms with Crippen LogP contribution in [0.5, 0.6) is 0 Å². The minimum Gasteiger partial charge on any atom is -0.324 e. The monoisotopic (exact) mass is 303 g/mol. The van der Waals surface area contributed by atoms with Gasteiger partial charge in [0.05, 0.1) is 0 Å². The lowest BCUT2D eigenvalue weighted by molar-refractivity contribution is 0.721. The fraction of sp³-hybridized carbons (Fsp3) is 0.250. The van der Waals surface area contributed by atoms with E-state index in [0.29, 0.717) is 0 Å². The van der Waals surface area contributed by atoms with E-state index in [2.05, 4.69) is 72.2 Å². The summed E-state index contributed by atoms with van der Waals surface area (Å²) in [5, 5.41) is 0. The Morgan fingerprint density at radius 3 is 2.33 bits per heavy atom. The van der Waals surface area contributed by atoms with Crippen molar-refractivity contribution in [1.82, 2.24) is 0 Å². The molecule has 0 bridgehead atoms. The molecule has 1 atom stereocenters. The summed E-state index contributed by atoms with van der Waals surface area (Å²) < 4.78 is 1.13. The summed E-state index contributed by atoms with van der Waals surface area (Å²) in [6, 6.07) is 14.9. The highest BCUT2D eigenvalue weighted by atomic mass is 79.9. The Kier molecular flexibility index (Phi) is 4.20. The summed E-state index contributed by atoms with van der Waals surface area (Å²) >= 11 is 3.51. The van der Waals surface area contributed by atoms with Crippen LogP contribution in [0, 0.1) is 13.8 Å². The third-order valence-electron chi connectivity index (χ3n) is 3.19. The molecule has 0 heterocycles. The smallest absolute Gasteiger partial charge is 0.0335 e. The van der Waals surface area contributed by atoms with Gasteiger partial charge >= 0.3 is 0 Å². The Morgan fingerprint density at radius 1 is 1.06 bits per heavy atom. The molecule has 0 aromatic heterocycles. The number of aryl methyl sites for hydroxylation is 2. The molecule has 2 aromatic rings. The lowest BCUT2D eigenvalue weighted by Crippen LogP contribution is -2.13. The van der Waals surface area contributed by atoms with E-state index >= 15 is 0 Å². The molecule has 0 amide bonds. The normalized spacial score (nSPS) is 12.4. The second kappa shape index (κ2) is 5.68. The first kappa shape index (κ1) is 13.3. The number of benzene rings is 2. The van der Waals surface area contributed by atoms with Crippen LogP contribution < -0.4 is 5.73 Å². The molecule has 1 nitrogen and oxygen atoms in total. The zero-order valence-electron chi connectivity index (χ0n) is 10.8. The van der Waals surface area contributed by atoms with E-state index in [4.69, 9.17) is 5.73 Å².